The van der Waals surface area contributed by atoms with Crippen molar-refractivity contribution in [1.29, 1.82) is 0 Å². The molecule has 1 aromatic carbocycles. The summed E-state index contributed by atoms with van der Waals surface area (Å²) in [6.07, 6.45) is 2.17. The van der Waals surface area contributed by atoms with E-state index < -0.39 is 5.97 Å². The number of carboxylic acids is 1. The van der Waals surface area contributed by atoms with Crippen LogP contribution in [0, 0.1) is 12.8 Å². The van der Waals surface area contributed by atoms with Gasteiger partial charge in [0, 0.05) is 13.1 Å². The maximum absolute atomic E-state index is 12.1. The minimum atomic E-state index is -0.976. The van der Waals surface area contributed by atoms with Gasteiger partial charge in [0.2, 0.25) is 0 Å². The fraction of sp³-hybridized carbons (Fsp3) is 0.467. The van der Waals surface area contributed by atoms with E-state index in [0.717, 1.165) is 24.0 Å². The molecule has 0 atom stereocenters. The number of carboxylic acid groups (broad SMARTS) is 1. The maximum Gasteiger partial charge on any atom is 0.323 e. The predicted octanol–water partition coefficient (Wildman–Crippen LogP) is 2.00. The lowest BCUT2D eigenvalue weighted by Crippen LogP contribution is -2.43. The van der Waals surface area contributed by atoms with Crippen LogP contribution < -0.4 is 5.32 Å². The zero-order valence-corrected chi connectivity index (χ0v) is 11.6. The number of amides is 2. The second-order valence-electron chi connectivity index (χ2n) is 5.37. The largest absolute Gasteiger partial charge is 0.480 e. The number of carbonyl (C=O) groups excluding carboxylic acids is 1. The highest BCUT2D eigenvalue weighted by atomic mass is 16.4. The number of rotatable bonds is 6. The summed E-state index contributed by atoms with van der Waals surface area (Å²) in [4.78, 5) is 24.2. The van der Waals surface area contributed by atoms with Gasteiger partial charge in [0.25, 0.3) is 0 Å². The fourth-order valence-corrected chi connectivity index (χ4v) is 2.11. The number of hydrogen-bond acceptors (Lipinski definition) is 2. The number of nitrogens with one attached hydrogen (secondary N) is 1. The van der Waals surface area contributed by atoms with Crippen LogP contribution in [0.4, 0.5) is 4.79 Å². The van der Waals surface area contributed by atoms with Crippen molar-refractivity contribution in [3.8, 4) is 0 Å². The van der Waals surface area contributed by atoms with Gasteiger partial charge in [-0.15, -0.1) is 0 Å². The number of carbonyl (C=O) groups is 2. The molecule has 0 unspecified atom stereocenters. The molecular weight excluding hydrogens is 256 g/mol. The van der Waals surface area contributed by atoms with Gasteiger partial charge < -0.3 is 15.3 Å². The number of nitrogens with zero attached hydrogens (tertiary/aromatic N) is 1. The fourth-order valence-electron chi connectivity index (χ4n) is 2.11. The Morgan fingerprint density at radius 2 is 2.15 bits per heavy atom. The van der Waals surface area contributed by atoms with Crippen molar-refractivity contribution in [3.05, 3.63) is 35.4 Å². The van der Waals surface area contributed by atoms with E-state index in [1.807, 2.05) is 31.2 Å². The minimum absolute atomic E-state index is 0.240. The van der Waals surface area contributed by atoms with Gasteiger partial charge in [-0.05, 0) is 31.2 Å². The summed E-state index contributed by atoms with van der Waals surface area (Å²) in [6.45, 7) is 2.71. The van der Waals surface area contributed by atoms with Crippen molar-refractivity contribution in [3.63, 3.8) is 0 Å². The van der Waals surface area contributed by atoms with Gasteiger partial charge in [-0.3, -0.25) is 4.79 Å². The summed E-state index contributed by atoms with van der Waals surface area (Å²) >= 11 is 0. The molecule has 108 valence electrons. The number of urea groups is 1. The lowest BCUT2D eigenvalue weighted by Gasteiger charge is -2.21. The van der Waals surface area contributed by atoms with Crippen LogP contribution in [-0.4, -0.2) is 35.1 Å². The smallest absolute Gasteiger partial charge is 0.323 e. The van der Waals surface area contributed by atoms with E-state index >= 15 is 0 Å². The SMILES string of the molecule is Cc1cccc(CNC(=O)N(CC(=O)O)CC2CC2)c1. The molecule has 2 rings (SSSR count). The summed E-state index contributed by atoms with van der Waals surface area (Å²) in [5.41, 5.74) is 2.15. The van der Waals surface area contributed by atoms with Crippen LogP contribution in [0.15, 0.2) is 24.3 Å². The van der Waals surface area contributed by atoms with Gasteiger partial charge in [0.15, 0.2) is 0 Å². The molecule has 2 amide bonds. The van der Waals surface area contributed by atoms with Crippen molar-refractivity contribution in [2.75, 3.05) is 13.1 Å². The Morgan fingerprint density at radius 3 is 2.75 bits per heavy atom. The normalized spacial score (nSPS) is 13.8. The molecule has 0 radical (unpaired) electrons. The van der Waals surface area contributed by atoms with Gasteiger partial charge in [-0.1, -0.05) is 29.8 Å². The topological polar surface area (TPSA) is 69.6 Å². The molecule has 0 aliphatic heterocycles. The van der Waals surface area contributed by atoms with E-state index in [2.05, 4.69) is 5.32 Å². The molecule has 1 aliphatic rings. The molecule has 0 saturated heterocycles. The Hall–Kier alpha value is -2.04. The van der Waals surface area contributed by atoms with E-state index in [-0.39, 0.29) is 12.6 Å². The van der Waals surface area contributed by atoms with Crippen LogP contribution in [0.3, 0.4) is 0 Å². The zero-order chi connectivity index (χ0) is 14.5. The Bertz CT molecular complexity index is 498. The molecule has 5 heteroatoms. The molecule has 0 spiro atoms. The maximum atomic E-state index is 12.1. The molecule has 0 bridgehead atoms. The molecule has 5 nitrogen and oxygen atoms in total. The first-order chi connectivity index (χ1) is 9.54. The number of hydrogen-bond donors (Lipinski definition) is 2. The van der Waals surface area contributed by atoms with Crippen LogP contribution in [0.2, 0.25) is 0 Å². The first-order valence-corrected chi connectivity index (χ1v) is 6.84. The van der Waals surface area contributed by atoms with E-state index in [4.69, 9.17) is 5.11 Å². The molecule has 1 aromatic rings. The summed E-state index contributed by atoms with van der Waals surface area (Å²) in [5, 5.41) is 11.7. The Labute approximate surface area is 118 Å². The molecular formula is C15H20N2O3. The summed E-state index contributed by atoms with van der Waals surface area (Å²) in [6, 6.07) is 7.57. The van der Waals surface area contributed by atoms with Crippen molar-refractivity contribution in [1.82, 2.24) is 10.2 Å². The van der Waals surface area contributed by atoms with Crippen LogP contribution in [0.25, 0.3) is 0 Å². The number of aryl methyl sites for hydroxylation is 1. The van der Waals surface area contributed by atoms with Gasteiger partial charge in [-0.2, -0.15) is 0 Å². The highest BCUT2D eigenvalue weighted by molar-refractivity contribution is 5.80. The Kier molecular flexibility index (Phi) is 4.61. The average molecular weight is 276 g/mol. The second-order valence-corrected chi connectivity index (χ2v) is 5.37. The predicted molar refractivity (Wildman–Crippen MR) is 75.3 cm³/mol. The van der Waals surface area contributed by atoms with Gasteiger partial charge in [-0.25, -0.2) is 4.79 Å². The first kappa shape index (κ1) is 14.4. The monoisotopic (exact) mass is 276 g/mol. The molecule has 20 heavy (non-hydrogen) atoms. The Balaban J connectivity index is 1.88. The lowest BCUT2D eigenvalue weighted by molar-refractivity contribution is -0.137. The van der Waals surface area contributed by atoms with E-state index in [9.17, 15) is 9.59 Å². The third-order valence-corrected chi connectivity index (χ3v) is 3.32. The van der Waals surface area contributed by atoms with Crippen LogP contribution in [0.1, 0.15) is 24.0 Å². The van der Waals surface area contributed by atoms with E-state index in [0.29, 0.717) is 19.0 Å². The van der Waals surface area contributed by atoms with Crippen LogP contribution in [-0.2, 0) is 11.3 Å². The first-order valence-electron chi connectivity index (χ1n) is 6.84. The lowest BCUT2D eigenvalue weighted by atomic mass is 10.1. The van der Waals surface area contributed by atoms with Crippen LogP contribution >= 0.6 is 0 Å². The molecule has 0 heterocycles. The van der Waals surface area contributed by atoms with Crippen molar-refractivity contribution in [2.24, 2.45) is 5.92 Å². The third-order valence-electron chi connectivity index (χ3n) is 3.32. The van der Waals surface area contributed by atoms with Crippen molar-refractivity contribution >= 4 is 12.0 Å². The van der Waals surface area contributed by atoms with Crippen molar-refractivity contribution in [2.45, 2.75) is 26.3 Å². The average Bonchev–Trinajstić information content (AvgIpc) is 3.19. The highest BCUT2D eigenvalue weighted by Gasteiger charge is 2.27. The van der Waals surface area contributed by atoms with Gasteiger partial charge in [0.05, 0.1) is 0 Å². The molecule has 1 aliphatic carbocycles. The summed E-state index contributed by atoms with van der Waals surface area (Å²) < 4.78 is 0. The third kappa shape index (κ3) is 4.57. The highest BCUT2D eigenvalue weighted by Crippen LogP contribution is 2.29. The molecule has 1 saturated carbocycles. The van der Waals surface area contributed by atoms with E-state index in [1.54, 1.807) is 0 Å². The van der Waals surface area contributed by atoms with Gasteiger partial charge >= 0.3 is 12.0 Å². The second kappa shape index (κ2) is 6.41. The zero-order valence-electron chi connectivity index (χ0n) is 11.6. The minimum Gasteiger partial charge on any atom is -0.480 e. The van der Waals surface area contributed by atoms with Gasteiger partial charge in [0.1, 0.15) is 6.54 Å². The van der Waals surface area contributed by atoms with Crippen molar-refractivity contribution < 1.29 is 14.7 Å². The molecule has 1 fully saturated rings. The molecule has 2 N–H and O–H groups in total. The number of aliphatic carboxylic acids is 1. The standard InChI is InChI=1S/C15H20N2O3/c1-11-3-2-4-13(7-11)8-16-15(20)17(10-14(18)19)9-12-5-6-12/h2-4,7,12H,5-6,8-10H2,1H3,(H,16,20)(H,18,19). The quantitative estimate of drug-likeness (QED) is 0.835. The summed E-state index contributed by atoms with van der Waals surface area (Å²) in [7, 11) is 0. The number of benzene rings is 1. The summed E-state index contributed by atoms with van der Waals surface area (Å²) in [5.74, 6) is -0.504. The Morgan fingerprint density at radius 1 is 1.40 bits per heavy atom. The van der Waals surface area contributed by atoms with Crippen LogP contribution in [0.5, 0.6) is 0 Å². The van der Waals surface area contributed by atoms with E-state index in [1.165, 1.54) is 4.90 Å². The molecule has 0 aromatic heterocycles.